The van der Waals surface area contributed by atoms with E-state index < -0.39 is 0 Å². The highest BCUT2D eigenvalue weighted by atomic mass is 15.0. The third-order valence-electron chi connectivity index (χ3n) is 7.31. The molecule has 0 N–H and O–H groups in total. The average Bonchev–Trinajstić information content (AvgIpc) is 3.53. The van der Waals surface area contributed by atoms with Gasteiger partial charge in [-0.15, -0.1) is 0 Å². The van der Waals surface area contributed by atoms with Crippen molar-refractivity contribution in [3.05, 3.63) is 107 Å². The van der Waals surface area contributed by atoms with Crippen LogP contribution in [0.15, 0.2) is 85.2 Å². The summed E-state index contributed by atoms with van der Waals surface area (Å²) in [5.41, 5.74) is 13.8. The van der Waals surface area contributed by atoms with Crippen molar-refractivity contribution < 1.29 is 0 Å². The van der Waals surface area contributed by atoms with Crippen molar-refractivity contribution in [2.75, 3.05) is 0 Å². The maximum atomic E-state index is 4.87. The second kappa shape index (κ2) is 5.41. The number of hydrogen-bond acceptors (Lipinski definition) is 1. The van der Waals surface area contributed by atoms with Gasteiger partial charge in [0.1, 0.15) is 5.65 Å². The Bertz CT molecular complexity index is 1740. The summed E-state index contributed by atoms with van der Waals surface area (Å²) in [6.45, 7) is 0. The molecule has 0 atom stereocenters. The minimum atomic E-state index is 0.971. The van der Waals surface area contributed by atoms with Crippen LogP contribution in [0.25, 0.3) is 49.6 Å². The fourth-order valence-corrected chi connectivity index (χ4v) is 6.14. The molecule has 6 aromatic rings. The number of hydrogen-bond donors (Lipinski definition) is 0. The van der Waals surface area contributed by atoms with Gasteiger partial charge < -0.3 is 0 Å². The first-order valence-corrected chi connectivity index (χ1v) is 10.9. The Balaban J connectivity index is 1.71. The van der Waals surface area contributed by atoms with Gasteiger partial charge >= 0.3 is 0 Å². The summed E-state index contributed by atoms with van der Waals surface area (Å²) >= 11 is 0. The maximum absolute atomic E-state index is 4.87. The topological polar surface area (TPSA) is 17.3 Å². The SMILES string of the molecule is c1ccc2c(c1)Cc1c-2c2c(c3c1c1ccccc1n1ccnc31)Cc1ccccc1-2. The highest BCUT2D eigenvalue weighted by Crippen LogP contribution is 2.54. The zero-order valence-electron chi connectivity index (χ0n) is 16.9. The molecule has 0 aliphatic heterocycles. The van der Waals surface area contributed by atoms with Crippen molar-refractivity contribution in [3.8, 4) is 22.3 Å². The van der Waals surface area contributed by atoms with E-state index in [9.17, 15) is 0 Å². The van der Waals surface area contributed by atoms with Crippen LogP contribution >= 0.6 is 0 Å². The highest BCUT2D eigenvalue weighted by molar-refractivity contribution is 6.20. The summed E-state index contributed by atoms with van der Waals surface area (Å²) < 4.78 is 2.27. The molecule has 2 aliphatic rings. The summed E-state index contributed by atoms with van der Waals surface area (Å²) in [5, 5.41) is 4.05. The van der Waals surface area contributed by atoms with Gasteiger partial charge in [0.05, 0.1) is 5.52 Å². The maximum Gasteiger partial charge on any atom is 0.145 e. The molecule has 0 amide bonds. The lowest BCUT2D eigenvalue weighted by atomic mass is 9.87. The fraction of sp³-hybridized carbons (Fsp3) is 0.0690. The lowest BCUT2D eigenvalue weighted by molar-refractivity contribution is 1.24. The predicted octanol–water partition coefficient (Wildman–Crippen LogP) is 6.78. The number of para-hydroxylation sites is 1. The third kappa shape index (κ3) is 1.82. The normalized spacial score (nSPS) is 13.5. The summed E-state index contributed by atoms with van der Waals surface area (Å²) in [5.74, 6) is 0. The molecule has 8 rings (SSSR count). The lowest BCUT2D eigenvalue weighted by Crippen LogP contribution is -1.98. The van der Waals surface area contributed by atoms with E-state index >= 15 is 0 Å². The van der Waals surface area contributed by atoms with Crippen LogP contribution in [-0.2, 0) is 12.8 Å². The third-order valence-corrected chi connectivity index (χ3v) is 7.31. The van der Waals surface area contributed by atoms with Gasteiger partial charge in [-0.1, -0.05) is 66.7 Å². The summed E-state index contributed by atoms with van der Waals surface area (Å²) in [6.07, 6.45) is 6.00. The Morgan fingerprint density at radius 1 is 0.645 bits per heavy atom. The number of imidazole rings is 1. The molecule has 4 aromatic carbocycles. The van der Waals surface area contributed by atoms with E-state index in [1.807, 2.05) is 6.20 Å². The molecule has 0 fully saturated rings. The standard InChI is InChI=1S/C29H18N2/c1-3-9-19-17(7-1)15-22-25(19)26-20-10-4-2-8-18(20)16-23(26)28-27(22)21-11-5-6-12-24(21)31-14-13-30-29(28)31/h1-14H,15-16H2. The molecular formula is C29H18N2. The highest BCUT2D eigenvalue weighted by Gasteiger charge is 2.33. The van der Waals surface area contributed by atoms with Crippen LogP contribution < -0.4 is 0 Å². The van der Waals surface area contributed by atoms with Crippen LogP contribution in [0.1, 0.15) is 22.3 Å². The first kappa shape index (κ1) is 15.9. The summed E-state index contributed by atoms with van der Waals surface area (Å²) in [6, 6.07) is 26.7. The van der Waals surface area contributed by atoms with E-state index in [0.29, 0.717) is 0 Å². The predicted molar refractivity (Wildman–Crippen MR) is 127 cm³/mol. The van der Waals surface area contributed by atoms with Gasteiger partial charge in [-0.05, 0) is 68.8 Å². The van der Waals surface area contributed by atoms with Crippen molar-refractivity contribution in [2.24, 2.45) is 0 Å². The lowest BCUT2D eigenvalue weighted by Gasteiger charge is -2.18. The van der Waals surface area contributed by atoms with E-state index in [-0.39, 0.29) is 0 Å². The molecule has 0 spiro atoms. The number of rotatable bonds is 0. The summed E-state index contributed by atoms with van der Waals surface area (Å²) in [4.78, 5) is 4.87. The van der Waals surface area contributed by atoms with Gasteiger partial charge in [0.25, 0.3) is 0 Å². The van der Waals surface area contributed by atoms with Crippen molar-refractivity contribution in [2.45, 2.75) is 12.8 Å². The molecule has 0 saturated carbocycles. The zero-order chi connectivity index (χ0) is 20.1. The van der Waals surface area contributed by atoms with Gasteiger partial charge in [-0.3, -0.25) is 4.40 Å². The van der Waals surface area contributed by atoms with E-state index in [1.54, 1.807) is 0 Å². The van der Waals surface area contributed by atoms with Crippen LogP contribution in [0.5, 0.6) is 0 Å². The molecule has 2 heteroatoms. The quantitative estimate of drug-likeness (QED) is 0.259. The molecule has 0 saturated heterocycles. The molecule has 2 heterocycles. The van der Waals surface area contributed by atoms with Gasteiger partial charge in [0.2, 0.25) is 0 Å². The van der Waals surface area contributed by atoms with Gasteiger partial charge in [-0.2, -0.15) is 0 Å². The van der Waals surface area contributed by atoms with Crippen LogP contribution in [0.3, 0.4) is 0 Å². The molecule has 0 unspecified atom stereocenters. The Labute approximate surface area is 179 Å². The van der Waals surface area contributed by atoms with Crippen LogP contribution in [0, 0.1) is 0 Å². The molecule has 2 aliphatic carbocycles. The summed E-state index contributed by atoms with van der Waals surface area (Å²) in [7, 11) is 0. The van der Waals surface area contributed by atoms with Crippen molar-refractivity contribution in [1.29, 1.82) is 0 Å². The number of nitrogens with zero attached hydrogens (tertiary/aromatic N) is 2. The molecule has 0 bridgehead atoms. The minimum absolute atomic E-state index is 0.971. The monoisotopic (exact) mass is 394 g/mol. The largest absolute Gasteiger partial charge is 0.299 e. The smallest absolute Gasteiger partial charge is 0.145 e. The zero-order valence-corrected chi connectivity index (χ0v) is 16.9. The first-order chi connectivity index (χ1) is 15.4. The van der Waals surface area contributed by atoms with Gasteiger partial charge in [-0.25, -0.2) is 4.98 Å². The molecule has 2 aromatic heterocycles. The van der Waals surface area contributed by atoms with E-state index in [4.69, 9.17) is 4.98 Å². The average molecular weight is 394 g/mol. The number of aromatic nitrogens is 2. The second-order valence-corrected chi connectivity index (χ2v) is 8.76. The van der Waals surface area contributed by atoms with Crippen LogP contribution in [-0.4, -0.2) is 9.38 Å². The van der Waals surface area contributed by atoms with Crippen LogP contribution in [0.2, 0.25) is 0 Å². The molecule has 144 valence electrons. The number of fused-ring (bicyclic) bond motifs is 15. The Morgan fingerprint density at radius 3 is 2.00 bits per heavy atom. The second-order valence-electron chi connectivity index (χ2n) is 8.76. The Morgan fingerprint density at radius 2 is 1.26 bits per heavy atom. The molecular weight excluding hydrogens is 376 g/mol. The number of pyridine rings is 1. The van der Waals surface area contributed by atoms with E-state index in [1.165, 1.54) is 66.2 Å². The van der Waals surface area contributed by atoms with Crippen molar-refractivity contribution >= 4 is 27.3 Å². The molecule has 0 radical (unpaired) electrons. The van der Waals surface area contributed by atoms with E-state index in [2.05, 4.69) is 83.4 Å². The molecule has 31 heavy (non-hydrogen) atoms. The Hall–Kier alpha value is -3.91. The Kier molecular flexibility index (Phi) is 2.77. The van der Waals surface area contributed by atoms with Crippen LogP contribution in [0.4, 0.5) is 0 Å². The van der Waals surface area contributed by atoms with Gasteiger partial charge in [0, 0.05) is 23.2 Å². The van der Waals surface area contributed by atoms with Crippen molar-refractivity contribution in [1.82, 2.24) is 9.38 Å². The van der Waals surface area contributed by atoms with Gasteiger partial charge in [0.15, 0.2) is 0 Å². The molecule has 2 nitrogen and oxygen atoms in total. The fourth-order valence-electron chi connectivity index (χ4n) is 6.14. The van der Waals surface area contributed by atoms with E-state index in [0.717, 1.165) is 18.5 Å². The van der Waals surface area contributed by atoms with Crippen molar-refractivity contribution in [3.63, 3.8) is 0 Å². The number of benzene rings is 4. The first-order valence-electron chi connectivity index (χ1n) is 10.9. The minimum Gasteiger partial charge on any atom is -0.299 e.